The number of carbonyl (C=O) groups is 1. The summed E-state index contributed by atoms with van der Waals surface area (Å²) < 4.78 is 0. The number of thiol groups is 1. The van der Waals surface area contributed by atoms with Gasteiger partial charge in [-0.2, -0.15) is 5.26 Å². The van der Waals surface area contributed by atoms with Gasteiger partial charge < -0.3 is 5.32 Å². The molecule has 0 fully saturated rings. The van der Waals surface area contributed by atoms with Crippen LogP contribution in [0.15, 0.2) is 47.4 Å². The average molecular weight is 289 g/mol. The van der Waals surface area contributed by atoms with Crippen LogP contribution in [0.3, 0.4) is 0 Å². The van der Waals surface area contributed by atoms with Crippen LogP contribution < -0.4 is 5.32 Å². The van der Waals surface area contributed by atoms with Gasteiger partial charge in [0.15, 0.2) is 0 Å². The van der Waals surface area contributed by atoms with Crippen LogP contribution in [0.1, 0.15) is 15.9 Å². The second kappa shape index (κ2) is 5.79. The molecule has 2 aromatic carbocycles. The Balaban J connectivity index is 2.27. The molecule has 0 atom stereocenters. The molecular formula is C14H9ClN2OS. The molecule has 5 heteroatoms. The number of hydrogen-bond donors (Lipinski definition) is 2. The summed E-state index contributed by atoms with van der Waals surface area (Å²) in [5, 5.41) is 11.9. The number of nitriles is 1. The molecule has 0 heterocycles. The van der Waals surface area contributed by atoms with E-state index in [0.717, 1.165) is 0 Å². The molecule has 0 aliphatic heterocycles. The molecule has 94 valence electrons. The van der Waals surface area contributed by atoms with E-state index in [0.29, 0.717) is 26.7 Å². The van der Waals surface area contributed by atoms with Crippen LogP contribution in [0, 0.1) is 11.3 Å². The molecule has 0 saturated carbocycles. The van der Waals surface area contributed by atoms with Crippen molar-refractivity contribution < 1.29 is 4.79 Å². The van der Waals surface area contributed by atoms with Crippen molar-refractivity contribution in [2.24, 2.45) is 0 Å². The van der Waals surface area contributed by atoms with Crippen LogP contribution in [0.4, 0.5) is 5.69 Å². The maximum absolute atomic E-state index is 12.0. The van der Waals surface area contributed by atoms with Crippen molar-refractivity contribution in [1.82, 2.24) is 0 Å². The van der Waals surface area contributed by atoms with Crippen molar-refractivity contribution in [2.75, 3.05) is 5.32 Å². The first-order valence-corrected chi connectivity index (χ1v) is 6.22. The van der Waals surface area contributed by atoms with Crippen LogP contribution in [0.5, 0.6) is 0 Å². The fraction of sp³-hybridized carbons (Fsp3) is 0. The Morgan fingerprint density at radius 1 is 1.26 bits per heavy atom. The summed E-state index contributed by atoms with van der Waals surface area (Å²) in [6, 6.07) is 13.5. The van der Waals surface area contributed by atoms with E-state index in [1.165, 1.54) is 6.07 Å². The van der Waals surface area contributed by atoms with Crippen molar-refractivity contribution in [3.8, 4) is 6.07 Å². The van der Waals surface area contributed by atoms with Gasteiger partial charge in [-0.25, -0.2) is 0 Å². The molecule has 19 heavy (non-hydrogen) atoms. The molecule has 0 aliphatic carbocycles. The van der Waals surface area contributed by atoms with Gasteiger partial charge in [0, 0.05) is 10.5 Å². The van der Waals surface area contributed by atoms with E-state index in [1.54, 1.807) is 36.4 Å². The number of benzene rings is 2. The van der Waals surface area contributed by atoms with Crippen molar-refractivity contribution in [3.63, 3.8) is 0 Å². The first kappa shape index (κ1) is 13.5. The zero-order valence-electron chi connectivity index (χ0n) is 9.72. The number of hydrogen-bond acceptors (Lipinski definition) is 3. The lowest BCUT2D eigenvalue weighted by atomic mass is 10.2. The molecule has 2 aromatic rings. The molecule has 0 aromatic heterocycles. The number of rotatable bonds is 2. The number of carbonyl (C=O) groups excluding carboxylic acids is 1. The Hall–Kier alpha value is -1.96. The molecule has 0 spiro atoms. The molecule has 0 unspecified atom stereocenters. The lowest BCUT2D eigenvalue weighted by molar-refractivity contribution is 0.102. The van der Waals surface area contributed by atoms with Gasteiger partial charge in [-0.05, 0) is 36.4 Å². The Morgan fingerprint density at radius 2 is 2.05 bits per heavy atom. The highest BCUT2D eigenvalue weighted by molar-refractivity contribution is 7.80. The molecule has 0 aliphatic rings. The van der Waals surface area contributed by atoms with Crippen LogP contribution in [0.2, 0.25) is 5.02 Å². The summed E-state index contributed by atoms with van der Waals surface area (Å²) in [7, 11) is 0. The first-order chi connectivity index (χ1) is 9.10. The van der Waals surface area contributed by atoms with Crippen LogP contribution in [-0.2, 0) is 0 Å². The van der Waals surface area contributed by atoms with E-state index in [9.17, 15) is 4.79 Å². The third-order valence-corrected chi connectivity index (χ3v) is 3.06. The predicted octanol–water partition coefficient (Wildman–Crippen LogP) is 3.75. The minimum absolute atomic E-state index is 0.298. The topological polar surface area (TPSA) is 52.9 Å². The minimum atomic E-state index is -0.298. The van der Waals surface area contributed by atoms with Crippen molar-refractivity contribution in [1.29, 1.82) is 5.26 Å². The van der Waals surface area contributed by atoms with E-state index in [4.69, 9.17) is 16.9 Å². The summed E-state index contributed by atoms with van der Waals surface area (Å²) in [5.41, 5.74) is 1.32. The Morgan fingerprint density at radius 3 is 2.74 bits per heavy atom. The quantitative estimate of drug-likeness (QED) is 0.827. The smallest absolute Gasteiger partial charge is 0.255 e. The standard InChI is InChI=1S/C14H9ClN2OS/c15-12-5-4-9(8-16)6-13(12)17-14(18)10-2-1-3-11(19)7-10/h1-7,19H,(H,17,18). The second-order valence-electron chi connectivity index (χ2n) is 3.81. The van der Waals surface area contributed by atoms with Gasteiger partial charge in [0.25, 0.3) is 5.91 Å². The van der Waals surface area contributed by atoms with Crippen molar-refractivity contribution >= 4 is 35.8 Å². The number of anilines is 1. The molecule has 0 radical (unpaired) electrons. The average Bonchev–Trinajstić information content (AvgIpc) is 2.41. The normalized spacial score (nSPS) is 9.74. The van der Waals surface area contributed by atoms with Crippen LogP contribution >= 0.6 is 24.2 Å². The fourth-order valence-corrected chi connectivity index (χ4v) is 1.92. The van der Waals surface area contributed by atoms with Gasteiger partial charge in [-0.3, -0.25) is 4.79 Å². The Kier molecular flexibility index (Phi) is 4.10. The van der Waals surface area contributed by atoms with E-state index >= 15 is 0 Å². The number of halogens is 1. The largest absolute Gasteiger partial charge is 0.321 e. The third-order valence-electron chi connectivity index (χ3n) is 2.45. The van der Waals surface area contributed by atoms with E-state index in [-0.39, 0.29) is 5.91 Å². The van der Waals surface area contributed by atoms with Crippen LogP contribution in [0.25, 0.3) is 0 Å². The van der Waals surface area contributed by atoms with Gasteiger partial charge in [0.1, 0.15) is 0 Å². The highest BCUT2D eigenvalue weighted by atomic mass is 35.5. The summed E-state index contributed by atoms with van der Waals surface area (Å²) in [6.45, 7) is 0. The highest BCUT2D eigenvalue weighted by Crippen LogP contribution is 2.23. The molecule has 2 rings (SSSR count). The van der Waals surface area contributed by atoms with E-state index < -0.39 is 0 Å². The summed E-state index contributed by atoms with van der Waals surface area (Å²) in [4.78, 5) is 12.7. The van der Waals surface area contributed by atoms with Gasteiger partial charge in [0.05, 0.1) is 22.3 Å². The number of amides is 1. The zero-order valence-corrected chi connectivity index (χ0v) is 11.4. The summed E-state index contributed by atoms with van der Waals surface area (Å²) >= 11 is 10.2. The fourth-order valence-electron chi connectivity index (χ4n) is 1.53. The highest BCUT2D eigenvalue weighted by Gasteiger charge is 2.09. The summed E-state index contributed by atoms with van der Waals surface area (Å²) in [6.07, 6.45) is 0. The lowest BCUT2D eigenvalue weighted by Crippen LogP contribution is -2.12. The second-order valence-corrected chi connectivity index (χ2v) is 4.73. The monoisotopic (exact) mass is 288 g/mol. The zero-order chi connectivity index (χ0) is 13.8. The summed E-state index contributed by atoms with van der Waals surface area (Å²) in [5.74, 6) is -0.298. The molecular weight excluding hydrogens is 280 g/mol. The maximum Gasteiger partial charge on any atom is 0.255 e. The van der Waals surface area contributed by atoms with Gasteiger partial charge >= 0.3 is 0 Å². The van der Waals surface area contributed by atoms with Gasteiger partial charge in [-0.1, -0.05) is 17.7 Å². The van der Waals surface area contributed by atoms with Gasteiger partial charge in [0.2, 0.25) is 0 Å². The molecule has 1 amide bonds. The number of nitrogens with one attached hydrogen (secondary N) is 1. The predicted molar refractivity (Wildman–Crippen MR) is 77.8 cm³/mol. The van der Waals surface area contributed by atoms with E-state index in [2.05, 4.69) is 17.9 Å². The lowest BCUT2D eigenvalue weighted by Gasteiger charge is -2.08. The molecule has 1 N–H and O–H groups in total. The van der Waals surface area contributed by atoms with Gasteiger partial charge in [-0.15, -0.1) is 12.6 Å². The maximum atomic E-state index is 12.0. The minimum Gasteiger partial charge on any atom is -0.321 e. The molecule has 3 nitrogen and oxygen atoms in total. The van der Waals surface area contributed by atoms with Crippen molar-refractivity contribution in [3.05, 3.63) is 58.6 Å². The Labute approximate surface area is 121 Å². The molecule has 0 saturated heterocycles. The number of nitrogens with zero attached hydrogens (tertiary/aromatic N) is 1. The van der Waals surface area contributed by atoms with E-state index in [1.807, 2.05) is 6.07 Å². The molecule has 0 bridgehead atoms. The first-order valence-electron chi connectivity index (χ1n) is 5.40. The third kappa shape index (κ3) is 3.28. The SMILES string of the molecule is N#Cc1ccc(Cl)c(NC(=O)c2cccc(S)c2)c1. The van der Waals surface area contributed by atoms with Crippen LogP contribution in [-0.4, -0.2) is 5.91 Å². The Bertz CT molecular complexity index is 679. The van der Waals surface area contributed by atoms with Crippen molar-refractivity contribution in [2.45, 2.75) is 4.90 Å².